The molecule has 2 nitrogen and oxygen atoms in total. The summed E-state index contributed by atoms with van der Waals surface area (Å²) in [6, 6.07) is 22.3. The minimum absolute atomic E-state index is 0.155. The van der Waals surface area contributed by atoms with Crippen molar-refractivity contribution in [2.75, 3.05) is 0 Å². The number of hydrogen-bond acceptors (Lipinski definition) is 2. The van der Waals surface area contributed by atoms with Gasteiger partial charge in [0.25, 0.3) is 0 Å². The standard InChI is InChI=1S/C39H44O2/c1-5-7-9-15-27-17-11-19-29-31(27)25-33(35-21-13-23-40-35)37(29)39(3,4)38-30-20-12-18-28(16-10-8-6-2)32(30)26-34(38)36-22-14-24-41-36/h11-14,17-26,37-38H,5-10,15-16H2,1-4H3. The monoisotopic (exact) mass is 544 g/mol. The van der Waals surface area contributed by atoms with Crippen molar-refractivity contribution < 1.29 is 8.83 Å². The third-order valence-corrected chi connectivity index (χ3v) is 9.50. The van der Waals surface area contributed by atoms with Gasteiger partial charge in [0.15, 0.2) is 0 Å². The first kappa shape index (κ1) is 27.6. The van der Waals surface area contributed by atoms with Crippen LogP contribution in [-0.2, 0) is 12.8 Å². The molecular formula is C39H44O2. The summed E-state index contributed by atoms with van der Waals surface area (Å²) in [4.78, 5) is 0. The third-order valence-electron chi connectivity index (χ3n) is 9.50. The molecular weight excluding hydrogens is 500 g/mol. The number of furan rings is 2. The van der Waals surface area contributed by atoms with Crippen LogP contribution in [0.5, 0.6) is 0 Å². The molecule has 0 aliphatic heterocycles. The Morgan fingerprint density at radius 1 is 0.585 bits per heavy atom. The van der Waals surface area contributed by atoms with Crippen molar-refractivity contribution in [3.63, 3.8) is 0 Å². The molecule has 0 radical (unpaired) electrons. The fourth-order valence-corrected chi connectivity index (χ4v) is 7.58. The molecule has 4 aromatic rings. The van der Waals surface area contributed by atoms with E-state index in [9.17, 15) is 0 Å². The van der Waals surface area contributed by atoms with Crippen LogP contribution in [0, 0.1) is 5.41 Å². The predicted octanol–water partition coefficient (Wildman–Crippen LogP) is 11.3. The maximum absolute atomic E-state index is 6.12. The van der Waals surface area contributed by atoms with Crippen LogP contribution >= 0.6 is 0 Å². The summed E-state index contributed by atoms with van der Waals surface area (Å²) in [5, 5.41) is 0. The van der Waals surface area contributed by atoms with Gasteiger partial charge in [0.2, 0.25) is 0 Å². The molecule has 212 valence electrons. The Labute approximate surface area is 246 Å². The largest absolute Gasteiger partial charge is 0.465 e. The van der Waals surface area contributed by atoms with Crippen LogP contribution in [0.2, 0.25) is 0 Å². The molecule has 41 heavy (non-hydrogen) atoms. The first-order valence-corrected chi connectivity index (χ1v) is 15.8. The molecule has 0 saturated carbocycles. The third kappa shape index (κ3) is 5.07. The number of allylic oxidation sites excluding steroid dienone is 2. The number of fused-ring (bicyclic) bond motifs is 2. The molecule has 0 spiro atoms. The van der Waals surface area contributed by atoms with E-state index in [1.165, 1.54) is 83.1 Å². The van der Waals surface area contributed by atoms with Crippen molar-refractivity contribution in [1.82, 2.24) is 0 Å². The fourth-order valence-electron chi connectivity index (χ4n) is 7.58. The summed E-state index contributed by atoms with van der Waals surface area (Å²) in [5.41, 5.74) is 11.0. The van der Waals surface area contributed by atoms with Crippen LogP contribution in [-0.4, -0.2) is 0 Å². The van der Waals surface area contributed by atoms with Gasteiger partial charge >= 0.3 is 0 Å². The van der Waals surface area contributed by atoms with E-state index in [2.05, 4.69) is 88.4 Å². The van der Waals surface area contributed by atoms with Gasteiger partial charge in [-0.25, -0.2) is 0 Å². The molecule has 2 aliphatic rings. The summed E-state index contributed by atoms with van der Waals surface area (Å²) < 4.78 is 12.2. The predicted molar refractivity (Wildman–Crippen MR) is 172 cm³/mol. The highest BCUT2D eigenvalue weighted by molar-refractivity contribution is 5.95. The van der Waals surface area contributed by atoms with E-state index in [-0.39, 0.29) is 17.3 Å². The molecule has 0 amide bonds. The van der Waals surface area contributed by atoms with Crippen molar-refractivity contribution in [3.05, 3.63) is 118 Å². The molecule has 0 bridgehead atoms. The zero-order chi connectivity index (χ0) is 28.4. The van der Waals surface area contributed by atoms with Gasteiger partial charge in [-0.05, 0) is 101 Å². The first-order valence-electron chi connectivity index (χ1n) is 15.8. The van der Waals surface area contributed by atoms with E-state index < -0.39 is 0 Å². The van der Waals surface area contributed by atoms with Crippen LogP contribution < -0.4 is 0 Å². The Morgan fingerprint density at radius 3 is 1.44 bits per heavy atom. The van der Waals surface area contributed by atoms with Crippen LogP contribution in [0.15, 0.2) is 82.0 Å². The average molecular weight is 545 g/mol. The smallest absolute Gasteiger partial charge is 0.130 e. The van der Waals surface area contributed by atoms with Crippen LogP contribution in [0.3, 0.4) is 0 Å². The average Bonchev–Trinajstić information content (AvgIpc) is 3.78. The number of benzene rings is 2. The van der Waals surface area contributed by atoms with Crippen molar-refractivity contribution in [3.8, 4) is 0 Å². The van der Waals surface area contributed by atoms with Gasteiger partial charge < -0.3 is 8.83 Å². The summed E-state index contributed by atoms with van der Waals surface area (Å²) in [7, 11) is 0. The van der Waals surface area contributed by atoms with Crippen LogP contribution in [0.25, 0.3) is 23.3 Å². The van der Waals surface area contributed by atoms with E-state index in [0.29, 0.717) is 0 Å². The molecule has 2 aliphatic carbocycles. The zero-order valence-corrected chi connectivity index (χ0v) is 25.2. The Bertz CT molecular complexity index is 1410. The van der Waals surface area contributed by atoms with E-state index in [4.69, 9.17) is 8.83 Å². The number of rotatable bonds is 12. The maximum atomic E-state index is 6.12. The van der Waals surface area contributed by atoms with E-state index >= 15 is 0 Å². The highest BCUT2D eigenvalue weighted by Gasteiger charge is 2.48. The molecule has 2 aromatic carbocycles. The van der Waals surface area contributed by atoms with Crippen molar-refractivity contribution in [2.45, 2.75) is 90.9 Å². The SMILES string of the molecule is CCCCCc1cccc2c1C=C(c1ccco1)C2C(C)(C)C1C(c2ccco2)=Cc2c(CCCCC)cccc21. The van der Waals surface area contributed by atoms with Gasteiger partial charge in [-0.3, -0.25) is 0 Å². The fraction of sp³-hybridized carbons (Fsp3) is 0.385. The van der Waals surface area contributed by atoms with Gasteiger partial charge in [0.05, 0.1) is 12.5 Å². The van der Waals surface area contributed by atoms with Crippen molar-refractivity contribution in [2.24, 2.45) is 5.41 Å². The van der Waals surface area contributed by atoms with Crippen molar-refractivity contribution in [1.29, 1.82) is 0 Å². The van der Waals surface area contributed by atoms with Gasteiger partial charge in [0, 0.05) is 23.0 Å². The van der Waals surface area contributed by atoms with Crippen LogP contribution in [0.1, 0.15) is 123 Å². The Balaban J connectivity index is 1.48. The molecule has 2 atom stereocenters. The molecule has 0 N–H and O–H groups in total. The van der Waals surface area contributed by atoms with E-state index in [1.807, 2.05) is 24.7 Å². The molecule has 2 heteroatoms. The minimum atomic E-state index is -0.155. The Kier molecular flexibility index (Phi) is 7.93. The first-order chi connectivity index (χ1) is 20.0. The van der Waals surface area contributed by atoms with E-state index in [1.54, 1.807) is 0 Å². The van der Waals surface area contributed by atoms with Gasteiger partial charge in [-0.15, -0.1) is 0 Å². The lowest BCUT2D eigenvalue weighted by atomic mass is 9.61. The topological polar surface area (TPSA) is 26.3 Å². The normalized spacial score (nSPS) is 17.9. The minimum Gasteiger partial charge on any atom is -0.465 e. The lowest BCUT2D eigenvalue weighted by molar-refractivity contribution is 0.299. The van der Waals surface area contributed by atoms with E-state index in [0.717, 1.165) is 24.4 Å². The summed E-state index contributed by atoms with van der Waals surface area (Å²) in [6.45, 7) is 9.49. The second kappa shape index (κ2) is 11.8. The second-order valence-corrected chi connectivity index (χ2v) is 12.6. The lowest BCUT2D eigenvalue weighted by Crippen LogP contribution is -2.30. The second-order valence-electron chi connectivity index (χ2n) is 12.6. The maximum Gasteiger partial charge on any atom is 0.130 e. The zero-order valence-electron chi connectivity index (χ0n) is 25.2. The highest BCUT2D eigenvalue weighted by atomic mass is 16.3. The summed E-state index contributed by atoms with van der Waals surface area (Å²) in [6.07, 6.45) is 18.2. The number of aryl methyl sites for hydroxylation is 2. The van der Waals surface area contributed by atoms with Gasteiger partial charge in [-0.2, -0.15) is 0 Å². The van der Waals surface area contributed by atoms with Crippen molar-refractivity contribution >= 4 is 23.3 Å². The highest BCUT2D eigenvalue weighted by Crippen LogP contribution is 2.62. The molecule has 2 heterocycles. The lowest BCUT2D eigenvalue weighted by Gasteiger charge is -2.41. The number of unbranched alkanes of at least 4 members (excludes halogenated alkanes) is 4. The molecule has 6 rings (SSSR count). The van der Waals surface area contributed by atoms with Crippen LogP contribution in [0.4, 0.5) is 0 Å². The quantitative estimate of drug-likeness (QED) is 0.166. The summed E-state index contributed by atoms with van der Waals surface area (Å²) >= 11 is 0. The Hall–Kier alpha value is -3.52. The Morgan fingerprint density at radius 2 is 1.05 bits per heavy atom. The summed E-state index contributed by atoms with van der Waals surface area (Å²) in [5.74, 6) is 2.34. The molecule has 0 saturated heterocycles. The molecule has 2 aromatic heterocycles. The van der Waals surface area contributed by atoms with Gasteiger partial charge in [-0.1, -0.05) is 89.8 Å². The molecule has 2 unspecified atom stereocenters. The number of hydrogen-bond donors (Lipinski definition) is 0. The molecule has 0 fully saturated rings. The van der Waals surface area contributed by atoms with Gasteiger partial charge in [0.1, 0.15) is 11.5 Å².